The summed E-state index contributed by atoms with van der Waals surface area (Å²) in [4.78, 5) is 16.4. The molecule has 2 aliphatic heterocycles. The lowest BCUT2D eigenvalue weighted by Crippen LogP contribution is -2.45. The van der Waals surface area contributed by atoms with E-state index in [0.717, 1.165) is 55.2 Å². The molecule has 1 N–H and O–H groups in total. The Bertz CT molecular complexity index is 1530. The molecular weight excluding hydrogens is 536 g/mol. The fourth-order valence-electron chi connectivity index (χ4n) is 6.60. The van der Waals surface area contributed by atoms with E-state index in [0.29, 0.717) is 0 Å². The summed E-state index contributed by atoms with van der Waals surface area (Å²) in [6, 6.07) is 19.3. The molecule has 0 radical (unpaired) electrons. The zero-order chi connectivity index (χ0) is 28.6. The number of piperidine rings is 1. The maximum atomic E-state index is 13.6. The minimum absolute atomic E-state index is 0.139. The zero-order valence-corrected chi connectivity index (χ0v) is 24.8. The average molecular weight is 577 g/mol. The van der Waals surface area contributed by atoms with Gasteiger partial charge in [-0.1, -0.05) is 55.0 Å². The topological polar surface area (TPSA) is 84.9 Å². The van der Waals surface area contributed by atoms with Crippen LogP contribution in [0.5, 0.6) is 0 Å². The van der Waals surface area contributed by atoms with Crippen LogP contribution in [0, 0.1) is 0 Å². The van der Waals surface area contributed by atoms with E-state index >= 15 is 0 Å². The number of benzene rings is 3. The zero-order valence-electron chi connectivity index (χ0n) is 24.0. The molecule has 218 valence electrons. The van der Waals surface area contributed by atoms with Gasteiger partial charge >= 0.3 is 0 Å². The van der Waals surface area contributed by atoms with Crippen LogP contribution in [0.1, 0.15) is 68.7 Å². The summed E-state index contributed by atoms with van der Waals surface area (Å²) in [5.41, 5.74) is 3.76. The van der Waals surface area contributed by atoms with Crippen molar-refractivity contribution in [3.8, 4) is 0 Å². The van der Waals surface area contributed by atoms with E-state index in [4.69, 9.17) is 9.47 Å². The van der Waals surface area contributed by atoms with Crippen molar-refractivity contribution in [1.82, 2.24) is 10.2 Å². The van der Waals surface area contributed by atoms with Gasteiger partial charge in [0, 0.05) is 6.54 Å². The number of amides is 1. The number of sulfone groups is 1. The average Bonchev–Trinajstić information content (AvgIpc) is 3.26. The number of carbonyl (C=O) groups is 1. The van der Waals surface area contributed by atoms with Crippen molar-refractivity contribution in [3.63, 3.8) is 0 Å². The Morgan fingerprint density at radius 1 is 0.951 bits per heavy atom. The van der Waals surface area contributed by atoms with E-state index < -0.39 is 27.8 Å². The second kappa shape index (κ2) is 11.5. The van der Waals surface area contributed by atoms with Gasteiger partial charge in [-0.15, -0.1) is 0 Å². The number of nitrogens with one attached hydrogen (secondary N) is 1. The summed E-state index contributed by atoms with van der Waals surface area (Å²) in [7, 11) is -3.74. The molecule has 2 heterocycles. The third-order valence-electron chi connectivity index (χ3n) is 8.60. The van der Waals surface area contributed by atoms with Crippen LogP contribution in [0.25, 0.3) is 10.8 Å². The predicted octanol–water partition coefficient (Wildman–Crippen LogP) is 5.31. The Balaban J connectivity index is 1.17. The molecule has 1 amide bonds. The maximum absolute atomic E-state index is 13.6. The van der Waals surface area contributed by atoms with Gasteiger partial charge in [-0.2, -0.15) is 0 Å². The summed E-state index contributed by atoms with van der Waals surface area (Å²) < 4.78 is 38.9. The van der Waals surface area contributed by atoms with Gasteiger partial charge in [-0.3, -0.25) is 9.69 Å². The molecular formula is C33H40N2O5S. The van der Waals surface area contributed by atoms with Crippen LogP contribution in [-0.2, 0) is 37.1 Å². The van der Waals surface area contributed by atoms with Crippen molar-refractivity contribution in [1.29, 1.82) is 0 Å². The van der Waals surface area contributed by atoms with Crippen molar-refractivity contribution < 1.29 is 22.7 Å². The molecule has 6 rings (SSSR count). The highest BCUT2D eigenvalue weighted by Gasteiger charge is 2.47. The molecule has 2 saturated heterocycles. The standard InChI is InChI=1S/C33H40N2O5S/c1-33(2)39-30(22-41(37,38)27-15-14-24-9-4-5-10-25(24)20-27)31(40-33)32(36)34-29-12-8-11-26-19-23(13-16-28(26)29)21-35-17-6-3-7-18-35/h4-5,9-10,13-16,19-20,29-31H,3,6-8,11-12,17-18,21-22H2,1-2H3,(H,34,36)/t29-,30-,31-/m1/s1. The van der Waals surface area contributed by atoms with E-state index in [1.807, 2.05) is 24.3 Å². The van der Waals surface area contributed by atoms with Crippen LogP contribution in [0.4, 0.5) is 0 Å². The largest absolute Gasteiger partial charge is 0.347 e. The Morgan fingerprint density at radius 2 is 1.73 bits per heavy atom. The van der Waals surface area contributed by atoms with Gasteiger partial charge in [0.05, 0.1) is 16.7 Å². The first-order chi connectivity index (χ1) is 19.7. The highest BCUT2D eigenvalue weighted by atomic mass is 32.2. The van der Waals surface area contributed by atoms with Crippen molar-refractivity contribution in [2.24, 2.45) is 0 Å². The highest BCUT2D eigenvalue weighted by Crippen LogP contribution is 2.34. The van der Waals surface area contributed by atoms with Crippen LogP contribution < -0.4 is 5.32 Å². The first kappa shape index (κ1) is 28.3. The minimum atomic E-state index is -3.74. The van der Waals surface area contributed by atoms with Gasteiger partial charge in [0.25, 0.3) is 5.91 Å². The smallest absolute Gasteiger partial charge is 0.252 e. The SMILES string of the molecule is CC1(C)O[C@H](CS(=O)(=O)c2ccc3ccccc3c2)[C@H](C(=O)N[C@@H]2CCCc3cc(CN4CCCCC4)ccc32)O1. The number of carbonyl (C=O) groups excluding carboxylic acids is 1. The number of likely N-dealkylation sites (tertiary alicyclic amines) is 1. The molecule has 3 atom stereocenters. The molecule has 2 fully saturated rings. The molecule has 0 unspecified atom stereocenters. The molecule has 7 nitrogen and oxygen atoms in total. The number of rotatable bonds is 7. The lowest BCUT2D eigenvalue weighted by atomic mass is 9.86. The van der Waals surface area contributed by atoms with Crippen molar-refractivity contribution >= 4 is 26.5 Å². The monoisotopic (exact) mass is 576 g/mol. The van der Waals surface area contributed by atoms with Gasteiger partial charge < -0.3 is 14.8 Å². The fraction of sp³-hybridized carbons (Fsp3) is 0.485. The lowest BCUT2D eigenvalue weighted by Gasteiger charge is -2.30. The summed E-state index contributed by atoms with van der Waals surface area (Å²) >= 11 is 0. The number of ether oxygens (including phenoxy) is 2. The van der Waals surface area contributed by atoms with Crippen molar-refractivity contribution in [2.45, 2.75) is 87.8 Å². The van der Waals surface area contributed by atoms with Crippen molar-refractivity contribution in [2.75, 3.05) is 18.8 Å². The summed E-state index contributed by atoms with van der Waals surface area (Å²) in [5.74, 6) is -1.74. The number of fused-ring (bicyclic) bond motifs is 2. The first-order valence-corrected chi connectivity index (χ1v) is 16.5. The third kappa shape index (κ3) is 6.36. The molecule has 41 heavy (non-hydrogen) atoms. The minimum Gasteiger partial charge on any atom is -0.347 e. The first-order valence-electron chi connectivity index (χ1n) is 14.9. The Labute approximate surface area is 243 Å². The van der Waals surface area contributed by atoms with E-state index in [9.17, 15) is 13.2 Å². The van der Waals surface area contributed by atoms with Crippen LogP contribution in [0.2, 0.25) is 0 Å². The number of aryl methyl sites for hydroxylation is 1. The van der Waals surface area contributed by atoms with Crippen molar-refractivity contribution in [3.05, 3.63) is 77.4 Å². The van der Waals surface area contributed by atoms with Gasteiger partial charge in [0.1, 0.15) is 6.10 Å². The van der Waals surface area contributed by atoms with Crippen LogP contribution in [0.15, 0.2) is 65.6 Å². The quantitative estimate of drug-likeness (QED) is 0.410. The Morgan fingerprint density at radius 3 is 2.54 bits per heavy atom. The maximum Gasteiger partial charge on any atom is 0.252 e. The molecule has 3 aliphatic rings. The Hall–Kier alpha value is -2.78. The van der Waals surface area contributed by atoms with E-state index in [-0.39, 0.29) is 22.6 Å². The molecule has 3 aromatic rings. The molecule has 0 aromatic heterocycles. The summed E-state index contributed by atoms with van der Waals surface area (Å²) in [6.45, 7) is 6.73. The summed E-state index contributed by atoms with van der Waals surface area (Å²) in [6.07, 6.45) is 4.74. The molecule has 3 aromatic carbocycles. The third-order valence-corrected chi connectivity index (χ3v) is 10.3. The van der Waals surface area contributed by atoms with E-state index in [1.54, 1.807) is 32.0 Å². The van der Waals surface area contributed by atoms with E-state index in [2.05, 4.69) is 28.4 Å². The fourth-order valence-corrected chi connectivity index (χ4v) is 8.05. The predicted molar refractivity (Wildman–Crippen MR) is 159 cm³/mol. The van der Waals surface area contributed by atoms with E-state index in [1.165, 1.54) is 30.4 Å². The lowest BCUT2D eigenvalue weighted by molar-refractivity contribution is -0.155. The second-order valence-corrected chi connectivity index (χ2v) is 14.2. The number of hydrogen-bond donors (Lipinski definition) is 1. The normalized spacial score (nSPS) is 24.7. The molecule has 8 heteroatoms. The molecule has 0 spiro atoms. The van der Waals surface area contributed by atoms with Gasteiger partial charge in [-0.25, -0.2) is 8.42 Å². The van der Waals surface area contributed by atoms with Crippen LogP contribution in [-0.4, -0.2) is 56.1 Å². The van der Waals surface area contributed by atoms with Gasteiger partial charge in [0.15, 0.2) is 21.7 Å². The number of hydrogen-bond acceptors (Lipinski definition) is 6. The number of nitrogens with zero attached hydrogens (tertiary/aromatic N) is 1. The summed E-state index contributed by atoms with van der Waals surface area (Å²) in [5, 5.41) is 5.00. The van der Waals surface area contributed by atoms with Gasteiger partial charge in [-0.05, 0) is 98.6 Å². The van der Waals surface area contributed by atoms with Crippen LogP contribution in [0.3, 0.4) is 0 Å². The highest BCUT2D eigenvalue weighted by molar-refractivity contribution is 7.91. The Kier molecular flexibility index (Phi) is 7.94. The second-order valence-electron chi connectivity index (χ2n) is 12.2. The molecule has 1 aliphatic carbocycles. The van der Waals surface area contributed by atoms with Gasteiger partial charge in [0.2, 0.25) is 0 Å². The van der Waals surface area contributed by atoms with Crippen LogP contribution >= 0.6 is 0 Å². The molecule has 0 bridgehead atoms. The molecule has 0 saturated carbocycles.